The number of anilines is 2. The van der Waals surface area contributed by atoms with Crippen molar-refractivity contribution in [2.24, 2.45) is 0 Å². The van der Waals surface area contributed by atoms with Gasteiger partial charge in [-0.1, -0.05) is 17.8 Å². The lowest BCUT2D eigenvalue weighted by atomic mass is 10.3. The fourth-order valence-corrected chi connectivity index (χ4v) is 2.86. The maximum atomic E-state index is 13.1. The maximum Gasteiger partial charge on any atom is 0.237 e. The second kappa shape index (κ2) is 6.78. The van der Waals surface area contributed by atoms with Crippen LogP contribution in [0.25, 0.3) is 0 Å². The van der Waals surface area contributed by atoms with Crippen LogP contribution >= 0.6 is 11.8 Å². The number of nitrogens with one attached hydrogen (secondary N) is 1. The molecule has 8 heteroatoms. The largest absolute Gasteiger partial charge is 0.368 e. The summed E-state index contributed by atoms with van der Waals surface area (Å²) in [6, 6.07) is 5.85. The molecule has 0 saturated carbocycles. The molecular formula is C14H18FN5OS. The van der Waals surface area contributed by atoms with E-state index in [0.29, 0.717) is 16.8 Å². The third kappa shape index (κ3) is 3.76. The quantitative estimate of drug-likeness (QED) is 0.826. The Kier molecular flexibility index (Phi) is 5.02. The molecule has 3 N–H and O–H groups in total. The number of amides is 1. The average molecular weight is 323 g/mol. The maximum absolute atomic E-state index is 13.1. The summed E-state index contributed by atoms with van der Waals surface area (Å²) in [6.45, 7) is 5.66. The van der Waals surface area contributed by atoms with E-state index in [4.69, 9.17) is 5.73 Å². The monoisotopic (exact) mass is 323 g/mol. The van der Waals surface area contributed by atoms with E-state index in [-0.39, 0.29) is 11.9 Å². The van der Waals surface area contributed by atoms with Gasteiger partial charge in [0, 0.05) is 11.7 Å². The number of nitrogens with zero attached hydrogens (tertiary/aromatic N) is 3. The molecule has 0 fully saturated rings. The van der Waals surface area contributed by atoms with Crippen LogP contribution in [0.15, 0.2) is 29.4 Å². The van der Waals surface area contributed by atoms with Crippen molar-refractivity contribution in [1.82, 2.24) is 14.8 Å². The Hall–Kier alpha value is -2.09. The van der Waals surface area contributed by atoms with Crippen LogP contribution in [0, 0.1) is 5.82 Å². The Morgan fingerprint density at radius 3 is 2.73 bits per heavy atom. The highest BCUT2D eigenvalue weighted by atomic mass is 32.2. The Balaban J connectivity index is 2.06. The molecule has 0 radical (unpaired) electrons. The van der Waals surface area contributed by atoms with E-state index in [2.05, 4.69) is 15.5 Å². The molecule has 6 nitrogen and oxygen atoms in total. The summed E-state index contributed by atoms with van der Waals surface area (Å²) in [4.78, 5) is 12.2. The number of hydrogen-bond donors (Lipinski definition) is 2. The first kappa shape index (κ1) is 16.3. The van der Waals surface area contributed by atoms with Gasteiger partial charge in [0.25, 0.3) is 0 Å². The van der Waals surface area contributed by atoms with Gasteiger partial charge in [0.15, 0.2) is 5.16 Å². The number of benzene rings is 1. The number of aromatic nitrogens is 3. The number of carbonyl (C=O) groups is 1. The van der Waals surface area contributed by atoms with Gasteiger partial charge in [0.2, 0.25) is 11.9 Å². The van der Waals surface area contributed by atoms with Gasteiger partial charge in [0.05, 0.1) is 5.25 Å². The Morgan fingerprint density at radius 1 is 1.36 bits per heavy atom. The molecule has 2 aromatic rings. The molecule has 118 valence electrons. The second-order valence-corrected chi connectivity index (χ2v) is 6.37. The number of nitrogens with two attached hydrogens (primary N) is 1. The smallest absolute Gasteiger partial charge is 0.237 e. The molecule has 0 saturated heterocycles. The Morgan fingerprint density at radius 2 is 2.09 bits per heavy atom. The zero-order chi connectivity index (χ0) is 16.3. The molecule has 0 aliphatic carbocycles. The first-order valence-electron chi connectivity index (χ1n) is 6.82. The van der Waals surface area contributed by atoms with Crippen LogP contribution in [-0.4, -0.2) is 25.9 Å². The van der Waals surface area contributed by atoms with E-state index in [1.165, 1.54) is 23.9 Å². The number of nitrogen functional groups attached to an aromatic ring is 1. The van der Waals surface area contributed by atoms with Crippen LogP contribution in [0.2, 0.25) is 0 Å². The number of thioether (sulfide) groups is 1. The van der Waals surface area contributed by atoms with Crippen LogP contribution < -0.4 is 11.1 Å². The highest BCUT2D eigenvalue weighted by Crippen LogP contribution is 2.26. The molecule has 1 aromatic heterocycles. The summed E-state index contributed by atoms with van der Waals surface area (Å²) in [6.07, 6.45) is 0. The first-order valence-corrected chi connectivity index (χ1v) is 7.70. The SMILES string of the molecule is CC(Sc1nnc(N)n1C(C)C)C(=O)Nc1cccc(F)c1. The number of rotatable bonds is 5. The summed E-state index contributed by atoms with van der Waals surface area (Å²) < 4.78 is 14.9. The van der Waals surface area contributed by atoms with E-state index < -0.39 is 11.1 Å². The van der Waals surface area contributed by atoms with Gasteiger partial charge < -0.3 is 11.1 Å². The van der Waals surface area contributed by atoms with E-state index in [0.717, 1.165) is 0 Å². The molecule has 22 heavy (non-hydrogen) atoms. The molecule has 1 aromatic carbocycles. The molecule has 2 rings (SSSR count). The van der Waals surface area contributed by atoms with E-state index in [9.17, 15) is 9.18 Å². The summed E-state index contributed by atoms with van der Waals surface area (Å²) in [5.41, 5.74) is 6.19. The normalized spacial score (nSPS) is 12.4. The van der Waals surface area contributed by atoms with Crippen LogP contribution in [0.5, 0.6) is 0 Å². The van der Waals surface area contributed by atoms with Crippen molar-refractivity contribution in [1.29, 1.82) is 0 Å². The number of halogens is 1. The minimum absolute atomic E-state index is 0.0935. The van der Waals surface area contributed by atoms with Crippen LogP contribution in [0.1, 0.15) is 26.8 Å². The van der Waals surface area contributed by atoms with Crippen molar-refractivity contribution in [3.63, 3.8) is 0 Å². The summed E-state index contributed by atoms with van der Waals surface area (Å²) in [5, 5.41) is 10.6. The van der Waals surface area contributed by atoms with Crippen molar-refractivity contribution >= 4 is 29.3 Å². The van der Waals surface area contributed by atoms with Crippen LogP contribution in [0.3, 0.4) is 0 Å². The molecule has 0 aliphatic rings. The molecule has 0 aliphatic heterocycles. The molecule has 0 spiro atoms. The Labute approximate surface area is 132 Å². The average Bonchev–Trinajstić information content (AvgIpc) is 2.79. The highest BCUT2D eigenvalue weighted by molar-refractivity contribution is 8.00. The van der Waals surface area contributed by atoms with Crippen molar-refractivity contribution < 1.29 is 9.18 Å². The summed E-state index contributed by atoms with van der Waals surface area (Å²) >= 11 is 1.25. The predicted molar refractivity (Wildman–Crippen MR) is 85.2 cm³/mol. The topological polar surface area (TPSA) is 85.8 Å². The summed E-state index contributed by atoms with van der Waals surface area (Å²) in [7, 11) is 0. The lowest BCUT2D eigenvalue weighted by Crippen LogP contribution is -2.23. The first-order chi connectivity index (χ1) is 10.4. The van der Waals surface area contributed by atoms with Crippen molar-refractivity contribution in [3.05, 3.63) is 30.1 Å². The van der Waals surface area contributed by atoms with Gasteiger partial charge >= 0.3 is 0 Å². The van der Waals surface area contributed by atoms with Gasteiger partial charge in [-0.2, -0.15) is 0 Å². The molecule has 0 bridgehead atoms. The molecule has 1 atom stereocenters. The molecule has 1 unspecified atom stereocenters. The fraction of sp³-hybridized carbons (Fsp3) is 0.357. The van der Waals surface area contributed by atoms with Gasteiger partial charge in [-0.3, -0.25) is 9.36 Å². The minimum atomic E-state index is -0.427. The van der Waals surface area contributed by atoms with Crippen LogP contribution in [-0.2, 0) is 4.79 Å². The van der Waals surface area contributed by atoms with Crippen molar-refractivity contribution in [2.45, 2.75) is 37.2 Å². The standard InChI is InChI=1S/C14H18FN5OS/c1-8(2)20-13(16)18-19-14(20)22-9(3)12(21)17-11-6-4-5-10(15)7-11/h4-9H,1-3H3,(H2,16,18)(H,17,21). The Bertz CT molecular complexity index is 673. The van der Waals surface area contributed by atoms with Crippen LogP contribution in [0.4, 0.5) is 16.0 Å². The van der Waals surface area contributed by atoms with E-state index in [1.54, 1.807) is 23.6 Å². The van der Waals surface area contributed by atoms with E-state index >= 15 is 0 Å². The summed E-state index contributed by atoms with van der Waals surface area (Å²) in [5.74, 6) is -0.326. The van der Waals surface area contributed by atoms with Gasteiger partial charge in [-0.05, 0) is 39.0 Å². The zero-order valence-corrected chi connectivity index (χ0v) is 13.4. The van der Waals surface area contributed by atoms with Crippen molar-refractivity contribution in [3.8, 4) is 0 Å². The fourth-order valence-electron chi connectivity index (χ4n) is 1.88. The molecule has 1 amide bonds. The minimum Gasteiger partial charge on any atom is -0.368 e. The van der Waals surface area contributed by atoms with Gasteiger partial charge in [-0.25, -0.2) is 4.39 Å². The number of carbonyl (C=O) groups excluding carboxylic acids is 1. The number of hydrogen-bond acceptors (Lipinski definition) is 5. The third-order valence-electron chi connectivity index (χ3n) is 2.95. The second-order valence-electron chi connectivity index (χ2n) is 5.06. The molecule has 1 heterocycles. The van der Waals surface area contributed by atoms with Gasteiger partial charge in [0.1, 0.15) is 5.82 Å². The lowest BCUT2D eigenvalue weighted by Gasteiger charge is -2.14. The lowest BCUT2D eigenvalue weighted by molar-refractivity contribution is -0.115. The zero-order valence-electron chi connectivity index (χ0n) is 12.6. The highest BCUT2D eigenvalue weighted by Gasteiger charge is 2.20. The van der Waals surface area contributed by atoms with Gasteiger partial charge in [-0.15, -0.1) is 10.2 Å². The molecular weight excluding hydrogens is 305 g/mol. The predicted octanol–water partition coefficient (Wildman–Crippen LogP) is 2.70. The van der Waals surface area contributed by atoms with Crippen molar-refractivity contribution in [2.75, 3.05) is 11.1 Å². The van der Waals surface area contributed by atoms with E-state index in [1.807, 2.05) is 13.8 Å². The third-order valence-corrected chi connectivity index (χ3v) is 4.01.